The van der Waals surface area contributed by atoms with Crippen LogP contribution in [-0.2, 0) is 4.79 Å². The Morgan fingerprint density at radius 1 is 1.26 bits per heavy atom. The van der Waals surface area contributed by atoms with Crippen LogP contribution in [0.15, 0.2) is 17.1 Å². The van der Waals surface area contributed by atoms with Gasteiger partial charge in [-0.05, 0) is 38.5 Å². The van der Waals surface area contributed by atoms with E-state index >= 15 is 0 Å². The number of carbonyl (C=O) groups is 2. The third kappa shape index (κ3) is 4.42. The summed E-state index contributed by atoms with van der Waals surface area (Å²) in [7, 11) is 0. The molecule has 2 aliphatic rings. The Labute approximate surface area is 160 Å². The molecule has 0 bridgehead atoms. The van der Waals surface area contributed by atoms with E-state index in [1.807, 2.05) is 9.80 Å². The van der Waals surface area contributed by atoms with E-state index in [-0.39, 0.29) is 28.2 Å². The van der Waals surface area contributed by atoms with Crippen LogP contribution in [-0.4, -0.2) is 52.8 Å². The predicted molar refractivity (Wildman–Crippen MR) is 105 cm³/mol. The molecule has 27 heavy (non-hydrogen) atoms. The van der Waals surface area contributed by atoms with Gasteiger partial charge in [-0.3, -0.25) is 14.4 Å². The highest BCUT2D eigenvalue weighted by atomic mass is 16.2. The van der Waals surface area contributed by atoms with E-state index in [2.05, 4.69) is 18.8 Å². The fourth-order valence-electron chi connectivity index (χ4n) is 4.35. The molecule has 6 heteroatoms. The zero-order chi connectivity index (χ0) is 19.6. The zero-order valence-corrected chi connectivity index (χ0v) is 16.7. The van der Waals surface area contributed by atoms with Crippen molar-refractivity contribution in [2.24, 2.45) is 11.3 Å². The van der Waals surface area contributed by atoms with Crippen molar-refractivity contribution in [2.75, 3.05) is 26.2 Å². The van der Waals surface area contributed by atoms with Crippen LogP contribution in [0.25, 0.3) is 0 Å². The molecule has 2 fully saturated rings. The Bertz CT molecular complexity index is 770. The average molecular weight is 373 g/mol. The number of aryl methyl sites for hydroxylation is 1. The van der Waals surface area contributed by atoms with Crippen LogP contribution in [0.3, 0.4) is 0 Å². The summed E-state index contributed by atoms with van der Waals surface area (Å²) in [4.78, 5) is 44.3. The van der Waals surface area contributed by atoms with Gasteiger partial charge in [0.05, 0.1) is 0 Å². The number of aromatic amines is 1. The monoisotopic (exact) mass is 373 g/mol. The number of aromatic nitrogens is 1. The van der Waals surface area contributed by atoms with Gasteiger partial charge in [-0.2, -0.15) is 0 Å². The Morgan fingerprint density at radius 3 is 2.74 bits per heavy atom. The van der Waals surface area contributed by atoms with Gasteiger partial charge in [0.2, 0.25) is 5.91 Å². The van der Waals surface area contributed by atoms with E-state index in [1.54, 1.807) is 6.92 Å². The molecule has 3 rings (SSSR count). The van der Waals surface area contributed by atoms with Crippen LogP contribution >= 0.6 is 0 Å². The largest absolute Gasteiger partial charge is 0.364 e. The molecular formula is C21H31N3O3. The molecule has 1 spiro atoms. The molecule has 3 heterocycles. The van der Waals surface area contributed by atoms with Crippen molar-refractivity contribution in [1.29, 1.82) is 0 Å². The van der Waals surface area contributed by atoms with E-state index in [4.69, 9.17) is 0 Å². The van der Waals surface area contributed by atoms with Crippen LogP contribution in [0.5, 0.6) is 0 Å². The van der Waals surface area contributed by atoms with Crippen LogP contribution in [0, 0.1) is 18.3 Å². The molecule has 0 aromatic carbocycles. The zero-order valence-electron chi connectivity index (χ0n) is 16.7. The van der Waals surface area contributed by atoms with E-state index in [1.165, 1.54) is 12.3 Å². The quantitative estimate of drug-likeness (QED) is 0.881. The summed E-state index contributed by atoms with van der Waals surface area (Å²) >= 11 is 0. The fourth-order valence-corrected chi connectivity index (χ4v) is 4.35. The molecule has 2 amide bonds. The van der Waals surface area contributed by atoms with Crippen LogP contribution in [0.4, 0.5) is 0 Å². The van der Waals surface area contributed by atoms with Gasteiger partial charge in [0.25, 0.3) is 5.91 Å². The first-order valence-electron chi connectivity index (χ1n) is 10.1. The van der Waals surface area contributed by atoms with Gasteiger partial charge in [0.15, 0.2) is 5.43 Å². The third-order valence-corrected chi connectivity index (χ3v) is 5.96. The van der Waals surface area contributed by atoms with E-state index in [0.29, 0.717) is 25.4 Å². The van der Waals surface area contributed by atoms with E-state index in [9.17, 15) is 14.4 Å². The molecule has 2 saturated heterocycles. The molecule has 0 saturated carbocycles. The second-order valence-corrected chi connectivity index (χ2v) is 8.72. The Hall–Kier alpha value is -2.11. The number of hydrogen-bond donors (Lipinski definition) is 1. The van der Waals surface area contributed by atoms with Crippen molar-refractivity contribution in [3.05, 3.63) is 33.7 Å². The second kappa shape index (κ2) is 7.87. The maximum absolute atomic E-state index is 12.9. The van der Waals surface area contributed by atoms with Gasteiger partial charge < -0.3 is 14.8 Å². The molecule has 0 radical (unpaired) electrons. The maximum atomic E-state index is 12.9. The summed E-state index contributed by atoms with van der Waals surface area (Å²) in [6.45, 7) is 8.97. The van der Waals surface area contributed by atoms with Gasteiger partial charge in [0.1, 0.15) is 5.56 Å². The first kappa shape index (κ1) is 19.6. The molecule has 1 aromatic rings. The predicted octanol–water partition coefficient (Wildman–Crippen LogP) is 2.57. The van der Waals surface area contributed by atoms with Gasteiger partial charge in [-0.1, -0.05) is 13.8 Å². The van der Waals surface area contributed by atoms with Crippen molar-refractivity contribution in [2.45, 2.75) is 52.9 Å². The minimum atomic E-state index is -0.228. The summed E-state index contributed by atoms with van der Waals surface area (Å²) < 4.78 is 0. The summed E-state index contributed by atoms with van der Waals surface area (Å²) in [5, 5.41) is 0. The number of nitrogens with zero attached hydrogens (tertiary/aromatic N) is 2. The fraction of sp³-hybridized carbons (Fsp3) is 0.667. The number of pyridine rings is 1. The van der Waals surface area contributed by atoms with Crippen molar-refractivity contribution in [3.8, 4) is 0 Å². The Morgan fingerprint density at radius 2 is 2.04 bits per heavy atom. The summed E-state index contributed by atoms with van der Waals surface area (Å²) in [5.41, 5.74) is 0.698. The van der Waals surface area contributed by atoms with Gasteiger partial charge >= 0.3 is 0 Å². The topological polar surface area (TPSA) is 73.5 Å². The lowest BCUT2D eigenvalue weighted by Crippen LogP contribution is -2.55. The number of likely N-dealkylation sites (tertiary alicyclic amines) is 2. The Balaban J connectivity index is 1.73. The van der Waals surface area contributed by atoms with Gasteiger partial charge in [-0.15, -0.1) is 0 Å². The van der Waals surface area contributed by atoms with Crippen LogP contribution in [0.2, 0.25) is 0 Å². The van der Waals surface area contributed by atoms with Crippen LogP contribution in [0.1, 0.15) is 62.0 Å². The minimum absolute atomic E-state index is 0.0315. The SMILES string of the molecule is Cc1cc(=O)c(C(=O)N2CCC[C@@]3(CCC(=O)N(CCC(C)C)C3)C2)c[nH]1. The molecule has 2 aliphatic heterocycles. The van der Waals surface area contributed by atoms with Crippen molar-refractivity contribution in [1.82, 2.24) is 14.8 Å². The van der Waals surface area contributed by atoms with E-state index in [0.717, 1.165) is 44.5 Å². The molecule has 0 unspecified atom stereocenters. The highest BCUT2D eigenvalue weighted by molar-refractivity contribution is 5.94. The molecule has 1 N–H and O–H groups in total. The number of amides is 2. The molecule has 1 atom stereocenters. The number of piperidine rings is 2. The molecule has 0 aliphatic carbocycles. The first-order chi connectivity index (χ1) is 12.8. The summed E-state index contributed by atoms with van der Waals surface area (Å²) in [5.74, 6) is 0.606. The molecular weight excluding hydrogens is 342 g/mol. The second-order valence-electron chi connectivity index (χ2n) is 8.72. The lowest BCUT2D eigenvalue weighted by Gasteiger charge is -2.48. The maximum Gasteiger partial charge on any atom is 0.259 e. The standard InChI is InChI=1S/C21H31N3O3/c1-15(2)6-10-23-13-21(8-5-19(23)26)7-4-9-24(14-21)20(27)17-12-22-16(3)11-18(17)25/h11-12,15H,4-10,13-14H2,1-3H3,(H,22,25)/t21-/m0/s1. The van der Waals surface area contributed by atoms with E-state index < -0.39 is 0 Å². The smallest absolute Gasteiger partial charge is 0.259 e. The average Bonchev–Trinajstić information content (AvgIpc) is 2.62. The highest BCUT2D eigenvalue weighted by Gasteiger charge is 2.42. The van der Waals surface area contributed by atoms with Crippen molar-refractivity contribution >= 4 is 11.8 Å². The van der Waals surface area contributed by atoms with Gasteiger partial charge in [-0.25, -0.2) is 0 Å². The minimum Gasteiger partial charge on any atom is -0.364 e. The van der Waals surface area contributed by atoms with Crippen LogP contribution < -0.4 is 5.43 Å². The number of carbonyl (C=O) groups excluding carboxylic acids is 2. The number of nitrogens with one attached hydrogen (secondary N) is 1. The van der Waals surface area contributed by atoms with Gasteiger partial charge in [0, 0.05) is 56.0 Å². The lowest BCUT2D eigenvalue weighted by molar-refractivity contribution is -0.139. The lowest BCUT2D eigenvalue weighted by atomic mass is 9.73. The number of hydrogen-bond acceptors (Lipinski definition) is 3. The molecule has 1 aromatic heterocycles. The normalized spacial score (nSPS) is 23.3. The van der Waals surface area contributed by atoms with Crippen molar-refractivity contribution in [3.63, 3.8) is 0 Å². The number of rotatable bonds is 4. The highest BCUT2D eigenvalue weighted by Crippen LogP contribution is 2.39. The van der Waals surface area contributed by atoms with Crippen molar-refractivity contribution < 1.29 is 9.59 Å². The number of H-pyrrole nitrogens is 1. The first-order valence-corrected chi connectivity index (χ1v) is 10.1. The molecule has 6 nitrogen and oxygen atoms in total. The summed E-state index contributed by atoms with van der Waals surface area (Å²) in [6.07, 6.45) is 5.88. The Kier molecular flexibility index (Phi) is 5.72. The molecule has 148 valence electrons. The summed E-state index contributed by atoms with van der Waals surface area (Å²) in [6, 6.07) is 1.47. The third-order valence-electron chi connectivity index (χ3n) is 5.96.